The largest absolute Gasteiger partial charge is 0.313 e. The number of nitrogens with one attached hydrogen (secondary N) is 1. The molecule has 112 valence electrons. The lowest BCUT2D eigenvalue weighted by atomic mass is 10.0. The molecule has 1 aliphatic rings. The number of aryl methyl sites for hydroxylation is 2. The summed E-state index contributed by atoms with van der Waals surface area (Å²) in [7, 11) is 0. The molecule has 1 aromatic rings. The van der Waals surface area contributed by atoms with Gasteiger partial charge in [0.05, 0.1) is 0 Å². The molecule has 0 bridgehead atoms. The summed E-state index contributed by atoms with van der Waals surface area (Å²) in [5.41, 5.74) is 4.39. The molecular formula is C18H30N2. The molecule has 1 aromatic carbocycles. The van der Waals surface area contributed by atoms with Gasteiger partial charge < -0.3 is 5.32 Å². The van der Waals surface area contributed by atoms with E-state index < -0.39 is 0 Å². The highest BCUT2D eigenvalue weighted by Crippen LogP contribution is 2.20. The van der Waals surface area contributed by atoms with Crippen molar-refractivity contribution in [2.45, 2.75) is 65.6 Å². The Balaban J connectivity index is 2.12. The molecular weight excluding hydrogens is 244 g/mol. The van der Waals surface area contributed by atoms with Gasteiger partial charge in [0.15, 0.2) is 0 Å². The van der Waals surface area contributed by atoms with Gasteiger partial charge in [-0.05, 0) is 56.8 Å². The molecule has 1 N–H and O–H groups in total. The van der Waals surface area contributed by atoms with Crippen molar-refractivity contribution in [1.29, 1.82) is 0 Å². The van der Waals surface area contributed by atoms with Gasteiger partial charge in [0.2, 0.25) is 0 Å². The molecule has 2 rings (SSSR count). The van der Waals surface area contributed by atoms with E-state index in [9.17, 15) is 0 Å². The Bertz CT molecular complexity index is 407. The molecule has 2 atom stereocenters. The molecule has 1 heterocycles. The highest BCUT2D eigenvalue weighted by atomic mass is 15.2. The summed E-state index contributed by atoms with van der Waals surface area (Å²) in [6, 6.07) is 7.98. The third-order valence-corrected chi connectivity index (χ3v) is 4.72. The smallest absolute Gasteiger partial charge is 0.0242 e. The van der Waals surface area contributed by atoms with Crippen LogP contribution in [0.3, 0.4) is 0 Å². The van der Waals surface area contributed by atoms with E-state index in [4.69, 9.17) is 0 Å². The van der Waals surface area contributed by atoms with Gasteiger partial charge in [-0.25, -0.2) is 0 Å². The van der Waals surface area contributed by atoms with Gasteiger partial charge in [0.25, 0.3) is 0 Å². The first-order chi connectivity index (χ1) is 9.61. The van der Waals surface area contributed by atoms with Crippen molar-refractivity contribution in [3.05, 3.63) is 34.9 Å². The van der Waals surface area contributed by atoms with Gasteiger partial charge >= 0.3 is 0 Å². The van der Waals surface area contributed by atoms with Crippen LogP contribution in [0.5, 0.6) is 0 Å². The van der Waals surface area contributed by atoms with Crippen molar-refractivity contribution in [2.75, 3.05) is 13.1 Å². The molecule has 2 nitrogen and oxygen atoms in total. The van der Waals surface area contributed by atoms with E-state index in [-0.39, 0.29) is 0 Å². The summed E-state index contributed by atoms with van der Waals surface area (Å²) < 4.78 is 0. The molecule has 0 aliphatic carbocycles. The molecule has 0 aromatic heterocycles. The summed E-state index contributed by atoms with van der Waals surface area (Å²) in [4.78, 5) is 2.68. The molecule has 2 heteroatoms. The van der Waals surface area contributed by atoms with E-state index in [0.717, 1.165) is 13.1 Å². The van der Waals surface area contributed by atoms with Crippen LogP contribution in [0, 0.1) is 13.8 Å². The number of hydrogen-bond acceptors (Lipinski definition) is 2. The van der Waals surface area contributed by atoms with Crippen LogP contribution < -0.4 is 5.32 Å². The molecule has 0 spiro atoms. The fourth-order valence-corrected chi connectivity index (χ4v) is 3.27. The Morgan fingerprint density at radius 1 is 1.25 bits per heavy atom. The van der Waals surface area contributed by atoms with Crippen LogP contribution >= 0.6 is 0 Å². The zero-order valence-electron chi connectivity index (χ0n) is 13.6. The second-order valence-electron chi connectivity index (χ2n) is 6.38. The van der Waals surface area contributed by atoms with Crippen LogP contribution in [-0.4, -0.2) is 30.1 Å². The third kappa shape index (κ3) is 3.83. The third-order valence-electron chi connectivity index (χ3n) is 4.72. The first-order valence-corrected chi connectivity index (χ1v) is 8.14. The molecule has 20 heavy (non-hydrogen) atoms. The van der Waals surface area contributed by atoms with Crippen molar-refractivity contribution < 1.29 is 0 Å². The van der Waals surface area contributed by atoms with Crippen LogP contribution in [0.1, 0.15) is 49.8 Å². The summed E-state index contributed by atoms with van der Waals surface area (Å²) in [5, 5.41) is 3.72. The topological polar surface area (TPSA) is 15.3 Å². The number of hydrogen-bond donors (Lipinski definition) is 1. The van der Waals surface area contributed by atoms with Crippen LogP contribution in [-0.2, 0) is 6.54 Å². The van der Waals surface area contributed by atoms with Crippen molar-refractivity contribution in [2.24, 2.45) is 0 Å². The lowest BCUT2D eigenvalue weighted by molar-refractivity contribution is 0.192. The summed E-state index contributed by atoms with van der Waals surface area (Å²) in [6.07, 6.45) is 3.81. The Labute approximate surface area is 124 Å². The zero-order valence-corrected chi connectivity index (χ0v) is 13.6. The summed E-state index contributed by atoms with van der Waals surface area (Å²) in [6.45, 7) is 12.6. The predicted molar refractivity (Wildman–Crippen MR) is 87.1 cm³/mol. The van der Waals surface area contributed by atoms with Gasteiger partial charge in [-0.1, -0.05) is 31.5 Å². The molecule has 0 amide bonds. The minimum atomic E-state index is 0.661. The molecule has 0 radical (unpaired) electrons. The summed E-state index contributed by atoms with van der Waals surface area (Å²) in [5.74, 6) is 0. The molecule has 1 fully saturated rings. The molecule has 1 saturated heterocycles. The van der Waals surface area contributed by atoms with Gasteiger partial charge in [-0.3, -0.25) is 4.90 Å². The van der Waals surface area contributed by atoms with E-state index in [0.29, 0.717) is 12.1 Å². The van der Waals surface area contributed by atoms with Gasteiger partial charge in [-0.2, -0.15) is 0 Å². The molecule has 2 unspecified atom stereocenters. The Kier molecular flexibility index (Phi) is 5.62. The van der Waals surface area contributed by atoms with Crippen molar-refractivity contribution in [1.82, 2.24) is 10.2 Å². The van der Waals surface area contributed by atoms with E-state index in [1.807, 2.05) is 0 Å². The van der Waals surface area contributed by atoms with Gasteiger partial charge in [0.1, 0.15) is 0 Å². The Hall–Kier alpha value is -0.860. The normalized spacial score (nSPS) is 24.6. The standard InChI is InChI=1S/C18H30N2/c1-5-7-17-12-20(16(4)10-11-19-17)13-18-14(2)8-6-9-15(18)3/h6,8-9,16-17,19H,5,7,10-13H2,1-4H3. The average Bonchev–Trinajstić information content (AvgIpc) is 2.57. The van der Waals surface area contributed by atoms with Crippen molar-refractivity contribution >= 4 is 0 Å². The van der Waals surface area contributed by atoms with E-state index >= 15 is 0 Å². The Morgan fingerprint density at radius 3 is 2.60 bits per heavy atom. The quantitative estimate of drug-likeness (QED) is 0.901. The highest BCUT2D eigenvalue weighted by molar-refractivity contribution is 5.33. The number of rotatable bonds is 4. The van der Waals surface area contributed by atoms with Gasteiger partial charge in [0, 0.05) is 25.2 Å². The van der Waals surface area contributed by atoms with E-state index in [1.165, 1.54) is 42.5 Å². The lowest BCUT2D eigenvalue weighted by Gasteiger charge is -2.30. The second-order valence-corrected chi connectivity index (χ2v) is 6.38. The summed E-state index contributed by atoms with van der Waals surface area (Å²) >= 11 is 0. The molecule has 0 saturated carbocycles. The van der Waals surface area contributed by atoms with Crippen molar-refractivity contribution in [3.8, 4) is 0 Å². The van der Waals surface area contributed by atoms with E-state index in [1.54, 1.807) is 0 Å². The SMILES string of the molecule is CCCC1CN(Cc2c(C)cccc2C)C(C)CCN1. The predicted octanol–water partition coefficient (Wildman–Crippen LogP) is 3.66. The van der Waals surface area contributed by atoms with Crippen LogP contribution in [0.25, 0.3) is 0 Å². The number of benzene rings is 1. The van der Waals surface area contributed by atoms with Crippen LogP contribution in [0.15, 0.2) is 18.2 Å². The minimum absolute atomic E-state index is 0.661. The minimum Gasteiger partial charge on any atom is -0.313 e. The first kappa shape index (κ1) is 15.5. The molecule has 1 aliphatic heterocycles. The van der Waals surface area contributed by atoms with Crippen LogP contribution in [0.4, 0.5) is 0 Å². The van der Waals surface area contributed by atoms with E-state index in [2.05, 4.69) is 56.1 Å². The average molecular weight is 274 g/mol. The Morgan fingerprint density at radius 2 is 1.95 bits per heavy atom. The lowest BCUT2D eigenvalue weighted by Crippen LogP contribution is -2.39. The maximum atomic E-state index is 3.72. The maximum absolute atomic E-state index is 3.72. The monoisotopic (exact) mass is 274 g/mol. The maximum Gasteiger partial charge on any atom is 0.0242 e. The van der Waals surface area contributed by atoms with Crippen LogP contribution in [0.2, 0.25) is 0 Å². The fraction of sp³-hybridized carbons (Fsp3) is 0.667. The fourth-order valence-electron chi connectivity index (χ4n) is 3.27. The van der Waals surface area contributed by atoms with Gasteiger partial charge in [-0.15, -0.1) is 0 Å². The first-order valence-electron chi connectivity index (χ1n) is 8.14. The van der Waals surface area contributed by atoms with Crippen molar-refractivity contribution in [3.63, 3.8) is 0 Å². The number of nitrogens with zero attached hydrogens (tertiary/aromatic N) is 1. The highest BCUT2D eigenvalue weighted by Gasteiger charge is 2.23. The second kappa shape index (κ2) is 7.24. The zero-order chi connectivity index (χ0) is 14.5.